The summed E-state index contributed by atoms with van der Waals surface area (Å²) in [6.07, 6.45) is 0.389. The summed E-state index contributed by atoms with van der Waals surface area (Å²) < 4.78 is 14.1. The van der Waals surface area contributed by atoms with Gasteiger partial charge in [-0.05, 0) is 42.7 Å². The number of nitrogen functional groups attached to an aromatic ring is 1. The quantitative estimate of drug-likeness (QED) is 0.587. The molecular weight excluding hydrogens is 381 g/mol. The van der Waals surface area contributed by atoms with Crippen LogP contribution in [-0.4, -0.2) is 22.4 Å². The Morgan fingerprint density at radius 2 is 2.00 bits per heavy atom. The molecule has 8 heteroatoms. The number of nitrogens with one attached hydrogen (secondary N) is 1. The third-order valence-electron chi connectivity index (χ3n) is 4.33. The smallest absolute Gasteiger partial charge is 0.248 e. The van der Waals surface area contributed by atoms with E-state index < -0.39 is 11.7 Å². The Kier molecular flexibility index (Phi) is 5.75. The van der Waals surface area contributed by atoms with E-state index in [0.29, 0.717) is 35.1 Å². The van der Waals surface area contributed by atoms with Crippen LogP contribution in [0.25, 0.3) is 11.3 Å². The molecule has 0 saturated carbocycles. The summed E-state index contributed by atoms with van der Waals surface area (Å²) >= 11 is 6.19. The third kappa shape index (κ3) is 4.37. The lowest BCUT2D eigenvalue weighted by Gasteiger charge is -2.11. The van der Waals surface area contributed by atoms with Gasteiger partial charge in [0.05, 0.1) is 5.69 Å². The van der Waals surface area contributed by atoms with Gasteiger partial charge in [-0.25, -0.2) is 9.37 Å². The summed E-state index contributed by atoms with van der Waals surface area (Å²) in [6, 6.07) is 11.5. The highest BCUT2D eigenvalue weighted by Gasteiger charge is 2.10. The molecule has 3 rings (SSSR count). The fraction of sp³-hybridized carbons (Fsp3) is 0.150. The molecule has 0 radical (unpaired) electrons. The lowest BCUT2D eigenvalue weighted by Crippen LogP contribution is -2.13. The lowest BCUT2D eigenvalue weighted by molar-refractivity contribution is 0.1000. The predicted octanol–water partition coefficient (Wildman–Crippen LogP) is 3.58. The Bertz CT molecular complexity index is 1040. The number of hydrogen-bond donors (Lipinski definition) is 3. The van der Waals surface area contributed by atoms with E-state index in [-0.39, 0.29) is 11.5 Å². The van der Waals surface area contributed by atoms with Crippen LogP contribution in [0.15, 0.2) is 42.5 Å². The van der Waals surface area contributed by atoms with Gasteiger partial charge in [0.15, 0.2) is 0 Å². The van der Waals surface area contributed by atoms with Crippen LogP contribution in [0.2, 0.25) is 5.02 Å². The van der Waals surface area contributed by atoms with Gasteiger partial charge in [0.25, 0.3) is 0 Å². The van der Waals surface area contributed by atoms with Gasteiger partial charge in [-0.15, -0.1) is 0 Å². The first-order chi connectivity index (χ1) is 13.3. The minimum Gasteiger partial charge on any atom is -0.370 e. The number of nitrogens with two attached hydrogens (primary N) is 2. The number of hydrogen-bond acceptors (Lipinski definition) is 5. The maximum absolute atomic E-state index is 14.1. The van der Waals surface area contributed by atoms with Crippen LogP contribution < -0.4 is 16.8 Å². The predicted molar refractivity (Wildman–Crippen MR) is 109 cm³/mol. The zero-order chi connectivity index (χ0) is 20.3. The molecule has 0 unspecified atom stereocenters. The fourth-order valence-electron chi connectivity index (χ4n) is 2.81. The Hall–Kier alpha value is -3.19. The number of primary amides is 1. The second-order valence-electron chi connectivity index (χ2n) is 6.26. The molecule has 1 amide bonds. The highest BCUT2D eigenvalue weighted by molar-refractivity contribution is 6.31. The largest absolute Gasteiger partial charge is 0.370 e. The summed E-state index contributed by atoms with van der Waals surface area (Å²) in [4.78, 5) is 19.5. The summed E-state index contributed by atoms with van der Waals surface area (Å²) in [5, 5.41) is 3.76. The molecule has 6 nitrogen and oxygen atoms in total. The first-order valence-electron chi connectivity index (χ1n) is 8.57. The first-order valence-corrected chi connectivity index (χ1v) is 8.95. The molecule has 144 valence electrons. The van der Waals surface area contributed by atoms with Crippen LogP contribution in [-0.2, 0) is 6.42 Å². The molecule has 0 aliphatic rings. The van der Waals surface area contributed by atoms with Gasteiger partial charge in [0.2, 0.25) is 11.9 Å². The van der Waals surface area contributed by atoms with Crippen LogP contribution >= 0.6 is 11.6 Å². The molecule has 0 aliphatic heterocycles. The topological polar surface area (TPSA) is 107 Å². The van der Waals surface area contributed by atoms with Crippen molar-refractivity contribution < 1.29 is 9.18 Å². The number of halogens is 2. The SMILES string of the molecule is Cc1c(Cl)cccc1-c1cc(NCCc2ccc(C(N)=O)cc2F)nc(N)n1. The Morgan fingerprint density at radius 3 is 2.71 bits per heavy atom. The number of aromatic nitrogens is 2. The van der Waals surface area contributed by atoms with Crippen molar-refractivity contribution in [3.8, 4) is 11.3 Å². The van der Waals surface area contributed by atoms with E-state index >= 15 is 0 Å². The van der Waals surface area contributed by atoms with Crippen molar-refractivity contribution in [3.63, 3.8) is 0 Å². The fourth-order valence-corrected chi connectivity index (χ4v) is 2.98. The Balaban J connectivity index is 1.74. The zero-order valence-electron chi connectivity index (χ0n) is 15.2. The van der Waals surface area contributed by atoms with E-state index in [4.69, 9.17) is 23.1 Å². The van der Waals surface area contributed by atoms with E-state index in [1.165, 1.54) is 6.07 Å². The normalized spacial score (nSPS) is 10.7. The van der Waals surface area contributed by atoms with Crippen LogP contribution in [0.3, 0.4) is 0 Å². The first kappa shape index (κ1) is 19.6. The van der Waals surface area contributed by atoms with Gasteiger partial charge in [-0.2, -0.15) is 4.98 Å². The average Bonchev–Trinajstić information content (AvgIpc) is 2.64. The van der Waals surface area contributed by atoms with Crippen molar-refractivity contribution in [1.82, 2.24) is 9.97 Å². The number of rotatable bonds is 6. The highest BCUT2D eigenvalue weighted by Crippen LogP contribution is 2.28. The second kappa shape index (κ2) is 8.22. The van der Waals surface area contributed by atoms with Crippen molar-refractivity contribution in [2.75, 3.05) is 17.6 Å². The molecule has 0 saturated heterocycles. The average molecular weight is 400 g/mol. The minimum absolute atomic E-state index is 0.122. The second-order valence-corrected chi connectivity index (χ2v) is 6.66. The van der Waals surface area contributed by atoms with Crippen LogP contribution in [0.1, 0.15) is 21.5 Å². The molecule has 0 fully saturated rings. The third-order valence-corrected chi connectivity index (χ3v) is 4.73. The number of anilines is 2. The van der Waals surface area contributed by atoms with E-state index in [0.717, 1.165) is 17.2 Å². The lowest BCUT2D eigenvalue weighted by atomic mass is 10.1. The maximum Gasteiger partial charge on any atom is 0.248 e. The summed E-state index contributed by atoms with van der Waals surface area (Å²) in [7, 11) is 0. The zero-order valence-corrected chi connectivity index (χ0v) is 15.9. The molecular formula is C20H19ClFN5O. The van der Waals surface area contributed by atoms with Gasteiger partial charge < -0.3 is 16.8 Å². The molecule has 1 heterocycles. The van der Waals surface area contributed by atoms with Crippen LogP contribution in [0.4, 0.5) is 16.2 Å². The number of benzene rings is 2. The van der Waals surface area contributed by atoms with Gasteiger partial charge >= 0.3 is 0 Å². The number of carbonyl (C=O) groups excluding carboxylic acids is 1. The molecule has 0 spiro atoms. The Labute approximate surface area is 166 Å². The molecule has 2 aromatic carbocycles. The molecule has 0 atom stereocenters. The van der Waals surface area contributed by atoms with Gasteiger partial charge in [0, 0.05) is 28.8 Å². The number of nitrogens with zero attached hydrogens (tertiary/aromatic N) is 2. The molecule has 0 aliphatic carbocycles. The van der Waals surface area contributed by atoms with Crippen LogP contribution in [0, 0.1) is 12.7 Å². The molecule has 28 heavy (non-hydrogen) atoms. The van der Waals surface area contributed by atoms with Crippen molar-refractivity contribution in [2.24, 2.45) is 5.73 Å². The van der Waals surface area contributed by atoms with E-state index in [2.05, 4.69) is 15.3 Å². The molecule has 3 aromatic rings. The van der Waals surface area contributed by atoms with Crippen molar-refractivity contribution in [1.29, 1.82) is 0 Å². The standard InChI is InChI=1S/C20H19ClFN5O/c1-11-14(3-2-4-15(11)21)17-10-18(27-20(24)26-17)25-8-7-12-5-6-13(19(23)28)9-16(12)22/h2-6,9-10H,7-8H2,1H3,(H2,23,28)(H3,24,25,26,27). The van der Waals surface area contributed by atoms with Crippen molar-refractivity contribution >= 4 is 29.3 Å². The van der Waals surface area contributed by atoms with Crippen LogP contribution in [0.5, 0.6) is 0 Å². The highest BCUT2D eigenvalue weighted by atomic mass is 35.5. The van der Waals surface area contributed by atoms with Crippen molar-refractivity contribution in [3.05, 3.63) is 70.0 Å². The van der Waals surface area contributed by atoms with Gasteiger partial charge in [0.1, 0.15) is 11.6 Å². The van der Waals surface area contributed by atoms with E-state index in [9.17, 15) is 9.18 Å². The number of amides is 1. The summed E-state index contributed by atoms with van der Waals surface area (Å²) in [5.74, 6) is -0.494. The Morgan fingerprint density at radius 1 is 1.21 bits per heavy atom. The van der Waals surface area contributed by atoms with Crippen molar-refractivity contribution in [2.45, 2.75) is 13.3 Å². The maximum atomic E-state index is 14.1. The monoisotopic (exact) mass is 399 g/mol. The number of carbonyl (C=O) groups is 1. The molecule has 5 N–H and O–H groups in total. The van der Waals surface area contributed by atoms with Gasteiger partial charge in [-0.3, -0.25) is 4.79 Å². The summed E-state index contributed by atoms with van der Waals surface area (Å²) in [6.45, 7) is 2.32. The van der Waals surface area contributed by atoms with E-state index in [1.807, 2.05) is 25.1 Å². The molecule has 0 bridgehead atoms. The van der Waals surface area contributed by atoms with Gasteiger partial charge in [-0.1, -0.05) is 29.8 Å². The minimum atomic E-state index is -0.663. The molecule has 1 aromatic heterocycles. The summed E-state index contributed by atoms with van der Waals surface area (Å²) in [5.41, 5.74) is 14.0. The van der Waals surface area contributed by atoms with E-state index in [1.54, 1.807) is 12.1 Å².